The summed E-state index contributed by atoms with van der Waals surface area (Å²) in [5.41, 5.74) is 19.1. The Bertz CT molecular complexity index is 4300. The van der Waals surface area contributed by atoms with Gasteiger partial charge in [-0.05, 0) is 95.2 Å². The van der Waals surface area contributed by atoms with Gasteiger partial charge in [-0.15, -0.1) is 0 Å². The van der Waals surface area contributed by atoms with Crippen LogP contribution in [-0.4, -0.2) is 195 Å². The third kappa shape index (κ3) is 14.7. The number of hydrogen-bond donors (Lipinski definition) is 3. The van der Waals surface area contributed by atoms with Crippen LogP contribution in [0.15, 0.2) is 130 Å². The van der Waals surface area contributed by atoms with Crippen molar-refractivity contribution in [2.75, 3.05) is 59.9 Å². The van der Waals surface area contributed by atoms with Crippen molar-refractivity contribution in [3.63, 3.8) is 0 Å². The van der Waals surface area contributed by atoms with E-state index >= 15 is 0 Å². The van der Waals surface area contributed by atoms with Crippen LogP contribution in [0.3, 0.4) is 0 Å². The lowest BCUT2D eigenvalue weighted by atomic mass is 10.1. The molecule has 0 aliphatic carbocycles. The highest BCUT2D eigenvalue weighted by molar-refractivity contribution is 5.81. The molecule has 5 amide bonds. The van der Waals surface area contributed by atoms with Crippen LogP contribution in [-0.2, 0) is 4.79 Å². The Kier molecular flexibility index (Phi) is 21.4. The minimum atomic E-state index is -0.0172. The zero-order chi connectivity index (χ0) is 71.0. The standard InChI is InChI=1S/3C24H31N9O/c2*1-4-19(5-2)31-15-18(13-28-31)23-22-6-9-26-33(22)16-21(29-23)17-12-27-32(14-17)20-7-10-30(11-8-20)24(34)25-3;1-3-19(4-2)31-15-18(13-28-31)24-22-5-8-26-33(22)16-21(29-24)17-12-27-32(14-17)20-6-9-30(10-7-20)23(34)11-25/h2*6,9,12-16,19-20H,4-5,7-8,10-11H2,1-3H3,(H,25,34);5,8,12-16,19-20H,3-4,6-7,9-11,25H2,1-2H3. The van der Waals surface area contributed by atoms with Crippen LogP contribution in [0.2, 0.25) is 0 Å². The highest BCUT2D eigenvalue weighted by Crippen LogP contribution is 2.34. The zero-order valence-electron chi connectivity index (χ0n) is 59.6. The second-order valence-corrected chi connectivity index (χ2v) is 26.4. The molecule has 3 saturated heterocycles. The predicted octanol–water partition coefficient (Wildman–Crippen LogP) is 10.5. The van der Waals surface area contributed by atoms with Crippen molar-refractivity contribution in [1.29, 1.82) is 0 Å². The smallest absolute Gasteiger partial charge is 0.317 e. The summed E-state index contributed by atoms with van der Waals surface area (Å²) in [5.74, 6) is 0.0105. The summed E-state index contributed by atoms with van der Waals surface area (Å²) in [5, 5.41) is 46.6. The van der Waals surface area contributed by atoms with Crippen LogP contribution in [0, 0.1) is 0 Å². The largest absolute Gasteiger partial charge is 0.341 e. The molecule has 30 nitrogen and oxygen atoms in total. The van der Waals surface area contributed by atoms with Crippen molar-refractivity contribution in [2.45, 2.75) is 155 Å². The van der Waals surface area contributed by atoms with Crippen LogP contribution < -0.4 is 16.4 Å². The van der Waals surface area contributed by atoms with Gasteiger partial charge in [-0.3, -0.25) is 32.9 Å². The number of nitrogens with zero attached hydrogens (tertiary/aromatic N) is 24. The van der Waals surface area contributed by atoms with E-state index in [4.69, 9.17) is 20.7 Å². The maximum atomic E-state index is 11.9. The van der Waals surface area contributed by atoms with E-state index in [2.05, 4.69) is 129 Å². The molecule has 0 radical (unpaired) electrons. The minimum absolute atomic E-state index is 0.0105. The molecule has 0 bridgehead atoms. The molecule has 15 heterocycles. The number of hydrogen-bond acceptors (Lipinski definition) is 16. The molecule has 3 aliphatic heterocycles. The van der Waals surface area contributed by atoms with Gasteiger partial charge < -0.3 is 31.1 Å². The van der Waals surface area contributed by atoms with Gasteiger partial charge in [-0.25, -0.2) is 38.1 Å². The van der Waals surface area contributed by atoms with Crippen molar-refractivity contribution in [3.05, 3.63) is 130 Å². The summed E-state index contributed by atoms with van der Waals surface area (Å²) >= 11 is 0. The predicted molar refractivity (Wildman–Crippen MR) is 388 cm³/mol. The number of nitrogens with two attached hydrogens (primary N) is 1. The molecule has 4 N–H and O–H groups in total. The molecule has 534 valence electrons. The lowest BCUT2D eigenvalue weighted by molar-refractivity contribution is -0.131. The number of aromatic nitrogens is 21. The highest BCUT2D eigenvalue weighted by Gasteiger charge is 2.29. The van der Waals surface area contributed by atoms with Crippen molar-refractivity contribution in [3.8, 4) is 67.5 Å². The number of nitrogens with one attached hydrogen (secondary N) is 2. The summed E-state index contributed by atoms with van der Waals surface area (Å²) in [6.45, 7) is 17.5. The Morgan fingerprint density at radius 1 is 0.392 bits per heavy atom. The van der Waals surface area contributed by atoms with Crippen molar-refractivity contribution < 1.29 is 14.4 Å². The third-order valence-corrected chi connectivity index (χ3v) is 20.5. The van der Waals surface area contributed by atoms with Gasteiger partial charge in [0.05, 0.1) is 168 Å². The minimum Gasteiger partial charge on any atom is -0.341 e. The van der Waals surface area contributed by atoms with Crippen LogP contribution in [0.4, 0.5) is 9.59 Å². The first-order valence-electron chi connectivity index (χ1n) is 36.0. The van der Waals surface area contributed by atoms with Gasteiger partial charge in [0.2, 0.25) is 5.91 Å². The van der Waals surface area contributed by atoms with Gasteiger partial charge in [-0.2, -0.15) is 45.9 Å². The second kappa shape index (κ2) is 31.3. The van der Waals surface area contributed by atoms with Gasteiger partial charge >= 0.3 is 12.1 Å². The number of carbonyl (C=O) groups excluding carboxylic acids is 3. The van der Waals surface area contributed by atoms with E-state index in [0.717, 1.165) is 187 Å². The molecular weight excluding hydrogens is 1290 g/mol. The molecule has 30 heteroatoms. The monoisotopic (exact) mass is 1380 g/mol. The lowest BCUT2D eigenvalue weighted by Crippen LogP contribution is -2.43. The number of urea groups is 2. The van der Waals surface area contributed by atoms with Gasteiger partial charge in [0.15, 0.2) is 0 Å². The number of piperidine rings is 3. The zero-order valence-corrected chi connectivity index (χ0v) is 59.6. The molecule has 0 aromatic carbocycles. The fourth-order valence-corrected chi connectivity index (χ4v) is 14.3. The van der Waals surface area contributed by atoms with Crippen LogP contribution >= 0.6 is 0 Å². The first-order valence-corrected chi connectivity index (χ1v) is 36.0. The topological polar surface area (TPSA) is 308 Å². The Balaban J connectivity index is 0.000000137. The molecule has 0 atom stereocenters. The first kappa shape index (κ1) is 69.6. The highest BCUT2D eigenvalue weighted by atomic mass is 16.2. The Labute approximate surface area is 591 Å². The molecule has 3 aliphatic rings. The average Bonchev–Trinajstić information content (AvgIpc) is 1.62. The first-order chi connectivity index (χ1) is 49.8. The maximum Gasteiger partial charge on any atom is 0.317 e. The van der Waals surface area contributed by atoms with E-state index in [1.807, 2.05) is 137 Å². The molecule has 3 fully saturated rings. The van der Waals surface area contributed by atoms with E-state index in [0.29, 0.717) is 31.2 Å². The Morgan fingerprint density at radius 2 is 0.676 bits per heavy atom. The summed E-state index contributed by atoms with van der Waals surface area (Å²) in [6, 6.07) is 7.81. The van der Waals surface area contributed by atoms with E-state index in [1.54, 1.807) is 32.7 Å². The molecular formula is C72H93N27O3. The normalized spacial score (nSPS) is 14.9. The number of likely N-dealkylation sites (tertiary alicyclic amines) is 3. The van der Waals surface area contributed by atoms with Gasteiger partial charge in [0.1, 0.15) is 0 Å². The summed E-state index contributed by atoms with van der Waals surface area (Å²) in [4.78, 5) is 56.2. The van der Waals surface area contributed by atoms with Gasteiger partial charge in [0, 0.05) is 124 Å². The average molecular weight is 1380 g/mol. The fraction of sp³-hybridized carbons (Fsp3) is 0.458. The quantitative estimate of drug-likeness (QED) is 0.0677. The number of carbonyl (C=O) groups is 3. The summed E-state index contributed by atoms with van der Waals surface area (Å²) < 4.78 is 17.7. The number of amides is 5. The van der Waals surface area contributed by atoms with Crippen molar-refractivity contribution in [1.82, 2.24) is 128 Å². The maximum absolute atomic E-state index is 11.9. The summed E-state index contributed by atoms with van der Waals surface area (Å²) in [6.07, 6.45) is 46.3. The van der Waals surface area contributed by atoms with E-state index in [1.165, 1.54) is 0 Å². The molecule has 15 rings (SSSR count). The Hall–Kier alpha value is -10.9. The van der Waals surface area contributed by atoms with Crippen LogP contribution in [0.5, 0.6) is 0 Å². The number of rotatable bonds is 19. The van der Waals surface area contributed by atoms with Crippen molar-refractivity contribution >= 4 is 34.5 Å². The second-order valence-electron chi connectivity index (χ2n) is 26.4. The molecule has 0 saturated carbocycles. The lowest BCUT2D eigenvalue weighted by Gasteiger charge is -2.31. The van der Waals surface area contributed by atoms with Crippen LogP contribution in [0.1, 0.15) is 155 Å². The SMILES string of the molecule is CCC(CC)n1cc(-c2nc(-c3cnn(C4CCN(C(=O)CN)CC4)c3)cn3nccc23)cn1.CCC(CC)n1cc(-c2nc(-c3cnn(C4CCN(C(=O)NC)CC4)c3)cn3nccc23)cn1.CCC(CC)n1cc(-c2nc(-c3cnn(C4CCN(C(=O)NC)CC4)c3)cn3nccc23)cn1. The van der Waals surface area contributed by atoms with E-state index in [9.17, 15) is 14.4 Å². The van der Waals surface area contributed by atoms with E-state index < -0.39 is 0 Å². The Morgan fingerprint density at radius 3 is 0.951 bits per heavy atom. The van der Waals surface area contributed by atoms with Crippen LogP contribution in [0.25, 0.3) is 84.1 Å². The van der Waals surface area contributed by atoms with Crippen molar-refractivity contribution in [2.24, 2.45) is 5.73 Å². The van der Waals surface area contributed by atoms with Gasteiger partial charge in [-0.1, -0.05) is 41.5 Å². The third-order valence-electron chi connectivity index (χ3n) is 20.5. The van der Waals surface area contributed by atoms with Gasteiger partial charge in [0.25, 0.3) is 0 Å². The molecule has 0 spiro atoms. The molecule has 12 aromatic heterocycles. The molecule has 0 unspecified atom stereocenters. The fourth-order valence-electron chi connectivity index (χ4n) is 14.3. The number of fused-ring (bicyclic) bond motifs is 3. The summed E-state index contributed by atoms with van der Waals surface area (Å²) in [7, 11) is 3.34. The molecule has 12 aromatic rings. The molecule has 102 heavy (non-hydrogen) atoms. The van der Waals surface area contributed by atoms with E-state index in [-0.39, 0.29) is 42.6 Å².